The monoisotopic (exact) mass is 277 g/mol. The van der Waals surface area contributed by atoms with Crippen molar-refractivity contribution in [2.75, 3.05) is 7.05 Å². The van der Waals surface area contributed by atoms with Crippen molar-refractivity contribution in [1.29, 1.82) is 0 Å². The topological polar surface area (TPSA) is 55.2 Å². The highest BCUT2D eigenvalue weighted by molar-refractivity contribution is 6.26. The molecule has 5 heteroatoms. The van der Waals surface area contributed by atoms with Crippen molar-refractivity contribution in [2.45, 2.75) is 0 Å². The Morgan fingerprint density at radius 1 is 1.00 bits per heavy atom. The second-order valence-electron chi connectivity index (χ2n) is 5.00. The molecule has 0 N–H and O–H groups in total. The van der Waals surface area contributed by atoms with Gasteiger partial charge in [0.25, 0.3) is 11.8 Å². The van der Waals surface area contributed by atoms with Crippen LogP contribution < -0.4 is 0 Å². The van der Waals surface area contributed by atoms with Crippen molar-refractivity contribution >= 4 is 22.6 Å². The van der Waals surface area contributed by atoms with E-state index in [0.29, 0.717) is 11.1 Å². The maximum atomic E-state index is 12.3. The Morgan fingerprint density at radius 3 is 2.48 bits per heavy atom. The van der Waals surface area contributed by atoms with Gasteiger partial charge in [-0.15, -0.1) is 0 Å². The van der Waals surface area contributed by atoms with Crippen molar-refractivity contribution in [3.05, 3.63) is 60.2 Å². The highest BCUT2D eigenvalue weighted by atomic mass is 16.2. The number of hydrogen-bond acceptors (Lipinski definition) is 3. The third-order valence-electron chi connectivity index (χ3n) is 3.87. The van der Waals surface area contributed by atoms with E-state index in [2.05, 4.69) is 4.98 Å². The summed E-state index contributed by atoms with van der Waals surface area (Å²) >= 11 is 0. The second-order valence-corrected chi connectivity index (χ2v) is 5.00. The van der Waals surface area contributed by atoms with Crippen LogP contribution in [0, 0.1) is 0 Å². The van der Waals surface area contributed by atoms with Gasteiger partial charge in [-0.25, -0.2) is 4.98 Å². The molecule has 0 aliphatic carbocycles. The van der Waals surface area contributed by atoms with Crippen molar-refractivity contribution in [1.82, 2.24) is 14.5 Å². The molecule has 2 amide bonds. The number of benzene rings is 2. The van der Waals surface area contributed by atoms with E-state index in [9.17, 15) is 9.59 Å². The zero-order valence-corrected chi connectivity index (χ0v) is 11.3. The molecule has 0 unspecified atom stereocenters. The molecule has 2 aromatic carbocycles. The molecule has 0 spiro atoms. The van der Waals surface area contributed by atoms with Gasteiger partial charge < -0.3 is 4.57 Å². The molecule has 4 rings (SSSR count). The number of carbonyl (C=O) groups is 2. The van der Waals surface area contributed by atoms with Gasteiger partial charge in [-0.2, -0.15) is 0 Å². The lowest BCUT2D eigenvalue weighted by Crippen LogP contribution is -2.36. The molecule has 102 valence electrons. The van der Waals surface area contributed by atoms with Crippen molar-refractivity contribution in [2.24, 2.45) is 0 Å². The average molecular weight is 277 g/mol. The third kappa shape index (κ3) is 1.48. The van der Waals surface area contributed by atoms with Crippen LogP contribution in [-0.2, 0) is 0 Å². The highest BCUT2D eigenvalue weighted by Gasteiger charge is 2.30. The first-order valence-corrected chi connectivity index (χ1v) is 6.55. The van der Waals surface area contributed by atoms with Crippen LogP contribution in [0.3, 0.4) is 0 Å². The van der Waals surface area contributed by atoms with E-state index in [1.807, 2.05) is 29.0 Å². The molecule has 3 aromatic rings. The van der Waals surface area contributed by atoms with Gasteiger partial charge in [0.2, 0.25) is 0 Å². The Morgan fingerprint density at radius 2 is 1.76 bits per heavy atom. The molecule has 0 radical (unpaired) electrons. The lowest BCUT2D eigenvalue weighted by molar-refractivity contribution is 0.0651. The van der Waals surface area contributed by atoms with E-state index in [0.717, 1.165) is 21.4 Å². The van der Waals surface area contributed by atoms with Crippen LogP contribution in [0.1, 0.15) is 20.7 Å². The number of rotatable bonds is 1. The Bertz CT molecular complexity index is 875. The predicted octanol–water partition coefficient (Wildman–Crippen LogP) is 2.25. The molecule has 1 aromatic heterocycles. The summed E-state index contributed by atoms with van der Waals surface area (Å²) in [6.45, 7) is 0. The maximum Gasteiger partial charge on any atom is 0.261 e. The minimum Gasteiger partial charge on any atom is -0.306 e. The van der Waals surface area contributed by atoms with E-state index in [-0.39, 0.29) is 11.8 Å². The summed E-state index contributed by atoms with van der Waals surface area (Å²) in [5.41, 5.74) is 2.02. The van der Waals surface area contributed by atoms with Crippen molar-refractivity contribution < 1.29 is 9.59 Å². The van der Waals surface area contributed by atoms with Gasteiger partial charge in [-0.3, -0.25) is 14.5 Å². The molecule has 0 saturated carbocycles. The lowest BCUT2D eigenvalue weighted by atomic mass is 9.93. The van der Waals surface area contributed by atoms with Gasteiger partial charge in [0.15, 0.2) is 0 Å². The van der Waals surface area contributed by atoms with Gasteiger partial charge in [0.05, 0.1) is 12.0 Å². The molecule has 21 heavy (non-hydrogen) atoms. The fourth-order valence-electron chi connectivity index (χ4n) is 2.83. The van der Waals surface area contributed by atoms with E-state index in [4.69, 9.17) is 0 Å². The van der Waals surface area contributed by atoms with E-state index in [1.165, 1.54) is 7.05 Å². The summed E-state index contributed by atoms with van der Waals surface area (Å²) in [6.07, 6.45) is 5.23. The van der Waals surface area contributed by atoms with Gasteiger partial charge in [0, 0.05) is 41.3 Å². The number of imidazole rings is 1. The fourth-order valence-corrected chi connectivity index (χ4v) is 2.83. The summed E-state index contributed by atoms with van der Waals surface area (Å²) in [6, 6.07) is 9.17. The molecule has 0 atom stereocenters. The SMILES string of the molecule is CN1C(=O)c2cccc3c(-n4ccnc4)ccc(c23)C1=O. The number of nitrogens with zero attached hydrogens (tertiary/aromatic N) is 3. The quantitative estimate of drug-likeness (QED) is 0.641. The molecular formula is C16H11N3O2. The summed E-state index contributed by atoms with van der Waals surface area (Å²) in [7, 11) is 1.51. The minimum absolute atomic E-state index is 0.263. The molecule has 0 fully saturated rings. The van der Waals surface area contributed by atoms with E-state index in [1.54, 1.807) is 24.7 Å². The maximum absolute atomic E-state index is 12.3. The zero-order valence-electron chi connectivity index (χ0n) is 11.3. The van der Waals surface area contributed by atoms with Gasteiger partial charge >= 0.3 is 0 Å². The summed E-state index contributed by atoms with van der Waals surface area (Å²) < 4.78 is 1.87. The highest BCUT2D eigenvalue weighted by Crippen LogP contribution is 2.33. The van der Waals surface area contributed by atoms with Crippen LogP contribution in [-0.4, -0.2) is 33.3 Å². The summed E-state index contributed by atoms with van der Waals surface area (Å²) in [5.74, 6) is -0.526. The van der Waals surface area contributed by atoms with Crippen molar-refractivity contribution in [3.8, 4) is 5.69 Å². The standard InChI is InChI=1S/C16H11N3O2/c1-18-15(20)11-4-2-3-10-13(19-8-7-17-9-19)6-5-12(14(10)11)16(18)21/h2-9H,1H3. The van der Waals surface area contributed by atoms with Crippen LogP contribution in [0.4, 0.5) is 0 Å². The lowest BCUT2D eigenvalue weighted by Gasteiger charge is -2.24. The molecule has 1 aliphatic rings. The fraction of sp³-hybridized carbons (Fsp3) is 0.0625. The van der Waals surface area contributed by atoms with Crippen LogP contribution in [0.5, 0.6) is 0 Å². The van der Waals surface area contributed by atoms with Crippen LogP contribution in [0.2, 0.25) is 0 Å². The smallest absolute Gasteiger partial charge is 0.261 e. The van der Waals surface area contributed by atoms with Gasteiger partial charge in [-0.05, 0) is 18.2 Å². The molecule has 0 bridgehead atoms. The molecule has 5 nitrogen and oxygen atoms in total. The number of amides is 2. The van der Waals surface area contributed by atoms with E-state index >= 15 is 0 Å². The Kier molecular flexibility index (Phi) is 2.27. The summed E-state index contributed by atoms with van der Waals surface area (Å²) in [5, 5.41) is 1.59. The van der Waals surface area contributed by atoms with Crippen molar-refractivity contribution in [3.63, 3.8) is 0 Å². The average Bonchev–Trinajstić information content (AvgIpc) is 3.04. The minimum atomic E-state index is -0.263. The molecule has 0 saturated heterocycles. The predicted molar refractivity (Wildman–Crippen MR) is 77.5 cm³/mol. The van der Waals surface area contributed by atoms with Crippen LogP contribution in [0.15, 0.2) is 49.1 Å². The molecular weight excluding hydrogens is 266 g/mol. The number of hydrogen-bond donors (Lipinski definition) is 0. The van der Waals surface area contributed by atoms with Gasteiger partial charge in [-0.1, -0.05) is 12.1 Å². The van der Waals surface area contributed by atoms with Crippen LogP contribution in [0.25, 0.3) is 16.5 Å². The third-order valence-corrected chi connectivity index (χ3v) is 3.87. The molecule has 2 heterocycles. The first-order valence-electron chi connectivity index (χ1n) is 6.55. The van der Waals surface area contributed by atoms with Gasteiger partial charge in [0.1, 0.15) is 0 Å². The number of carbonyl (C=O) groups excluding carboxylic acids is 2. The van der Waals surface area contributed by atoms with Crippen LogP contribution >= 0.6 is 0 Å². The normalized spacial score (nSPS) is 14.0. The first kappa shape index (κ1) is 11.8. The largest absolute Gasteiger partial charge is 0.306 e. The Balaban J connectivity index is 2.14. The summed E-state index contributed by atoms with van der Waals surface area (Å²) in [4.78, 5) is 29.8. The zero-order chi connectivity index (χ0) is 14.6. The Labute approximate surface area is 120 Å². The first-order chi connectivity index (χ1) is 10.2. The number of imide groups is 1. The Hall–Kier alpha value is -2.95. The second kappa shape index (κ2) is 4.02. The van der Waals surface area contributed by atoms with E-state index < -0.39 is 0 Å². The molecule has 1 aliphatic heterocycles. The number of aromatic nitrogens is 2.